The van der Waals surface area contributed by atoms with Crippen molar-refractivity contribution in [2.75, 3.05) is 0 Å². The summed E-state index contributed by atoms with van der Waals surface area (Å²) in [5.41, 5.74) is 0.749. The third-order valence-electron chi connectivity index (χ3n) is 1.58. The molecule has 0 fully saturated rings. The monoisotopic (exact) mass is 239 g/mol. The fraction of sp³-hybridized carbons (Fsp3) is 0.300. The van der Waals surface area contributed by atoms with Crippen molar-refractivity contribution in [3.8, 4) is 0 Å². The molecule has 0 saturated carbocycles. The number of carbonyl (C=O) groups is 1. The molecule has 2 radical (unpaired) electrons. The van der Waals surface area contributed by atoms with Crippen LogP contribution in [0.1, 0.15) is 24.2 Å². The second kappa shape index (κ2) is 4.61. The van der Waals surface area contributed by atoms with E-state index >= 15 is 0 Å². The zero-order chi connectivity index (χ0) is 11.2. The van der Waals surface area contributed by atoms with Gasteiger partial charge in [0, 0.05) is 13.9 Å². The second-order valence-electron chi connectivity index (χ2n) is 3.17. The largest absolute Gasteiger partial charge is 0.293 e. The van der Waals surface area contributed by atoms with Gasteiger partial charge in [0.25, 0.3) is 0 Å². The third-order valence-corrected chi connectivity index (χ3v) is 1.94. The molecule has 1 aromatic carbocycles. The van der Waals surface area contributed by atoms with Gasteiger partial charge in [0.15, 0.2) is 5.78 Å². The first kappa shape index (κ1) is 10.5. The normalized spacial score (nSPS) is 10.8. The standard InChI is InChI=1S/C10H11BrO.BH/c1-10(2,11)9(12)8-6-4-3-5-7-8;/h3-7H,1-2H3;1H/i;1D. The summed E-state index contributed by atoms with van der Waals surface area (Å²) in [5.74, 6) is 0.114. The van der Waals surface area contributed by atoms with Crippen molar-refractivity contribution in [2.45, 2.75) is 18.2 Å². The highest BCUT2D eigenvalue weighted by Crippen LogP contribution is 2.21. The molecule has 0 aliphatic rings. The third kappa shape index (κ3) is 3.35. The van der Waals surface area contributed by atoms with E-state index in [0.29, 0.717) is 0 Å². The maximum atomic E-state index is 11.6. The molecule has 0 spiro atoms. The van der Waals surface area contributed by atoms with Crippen LogP contribution in [0.25, 0.3) is 0 Å². The molecule has 1 rings (SSSR count). The quantitative estimate of drug-likeness (QED) is 0.440. The first-order chi connectivity index (χ1) is 6.52. The number of rotatable bonds is 2. The maximum absolute atomic E-state index is 11.6. The van der Waals surface area contributed by atoms with Gasteiger partial charge < -0.3 is 0 Å². The van der Waals surface area contributed by atoms with Crippen LogP contribution in [0, 0.1) is 0 Å². The van der Waals surface area contributed by atoms with Gasteiger partial charge in [-0.1, -0.05) is 46.3 Å². The predicted octanol–water partition coefficient (Wildman–Crippen LogP) is 2.39. The number of alkyl halides is 1. The molecule has 0 unspecified atom stereocenters. The average Bonchev–Trinajstić information content (AvgIpc) is 2.20. The van der Waals surface area contributed by atoms with E-state index < -0.39 is 4.32 Å². The van der Waals surface area contributed by atoms with Gasteiger partial charge in [-0.25, -0.2) is 0 Å². The molecule has 0 heterocycles. The number of carbonyl (C=O) groups excluding carboxylic acids is 1. The highest BCUT2D eigenvalue weighted by Gasteiger charge is 2.24. The molecule has 1 aromatic rings. The first-order valence-electron chi connectivity index (χ1n) is 4.38. The van der Waals surface area contributed by atoms with Gasteiger partial charge >= 0.3 is 0 Å². The Balaban J connectivity index is 0.000000791. The van der Waals surface area contributed by atoms with E-state index in [9.17, 15) is 4.79 Å². The number of benzene rings is 1. The SMILES string of the molecule is CC(C)(Br)C(=O)c1ccccc1.[2H][B]. The average molecular weight is 240 g/mol. The lowest BCUT2D eigenvalue weighted by Gasteiger charge is -2.13. The molecule has 0 atom stereocenters. The molecule has 3 heteroatoms. The molecule has 1 nitrogen and oxygen atoms in total. The van der Waals surface area contributed by atoms with Gasteiger partial charge in [-0.3, -0.25) is 4.79 Å². The Morgan fingerprint density at radius 3 is 2.23 bits per heavy atom. The summed E-state index contributed by atoms with van der Waals surface area (Å²) in [6.45, 7) is 3.70. The van der Waals surface area contributed by atoms with Crippen LogP contribution in [0.2, 0.25) is 0 Å². The summed E-state index contributed by atoms with van der Waals surface area (Å²) >= 11 is 3.33. The van der Waals surface area contributed by atoms with Crippen LogP contribution in [0.5, 0.6) is 0 Å². The molecule has 0 bridgehead atoms. The highest BCUT2D eigenvalue weighted by atomic mass is 79.9. The second-order valence-corrected chi connectivity index (χ2v) is 5.15. The topological polar surface area (TPSA) is 17.1 Å². The fourth-order valence-electron chi connectivity index (χ4n) is 0.933. The van der Waals surface area contributed by atoms with Crippen LogP contribution in [-0.2, 0) is 0 Å². The van der Waals surface area contributed by atoms with Gasteiger partial charge in [-0.05, 0) is 15.2 Å². The Hall–Kier alpha value is -0.565. The highest BCUT2D eigenvalue weighted by molar-refractivity contribution is 9.10. The fourth-order valence-corrected chi connectivity index (χ4v) is 1.16. The van der Waals surface area contributed by atoms with Crippen LogP contribution >= 0.6 is 15.9 Å². The number of Topliss-reactive ketones (excluding diaryl/α,β-unsaturated/α-hetero) is 1. The van der Waals surface area contributed by atoms with Gasteiger partial charge in [-0.2, -0.15) is 0 Å². The van der Waals surface area contributed by atoms with E-state index in [-0.39, 0.29) is 5.78 Å². The molecule has 68 valence electrons. The van der Waals surface area contributed by atoms with E-state index in [2.05, 4.69) is 24.3 Å². The van der Waals surface area contributed by atoms with E-state index in [4.69, 9.17) is 1.34 Å². The minimum atomic E-state index is -0.464. The lowest BCUT2D eigenvalue weighted by molar-refractivity contribution is 0.0961. The Kier molecular flexibility index (Phi) is 3.73. The number of hydrogen-bond acceptors (Lipinski definition) is 1. The summed E-state index contributed by atoms with van der Waals surface area (Å²) in [6, 6.07) is 9.28. The Bertz CT molecular complexity index is 282. The predicted molar refractivity (Wildman–Crippen MR) is 60.9 cm³/mol. The van der Waals surface area contributed by atoms with Crippen LogP contribution < -0.4 is 0 Å². The van der Waals surface area contributed by atoms with Gasteiger partial charge in [-0.15, -0.1) is 0 Å². The summed E-state index contributed by atoms with van der Waals surface area (Å²) in [7, 11) is 3.75. The van der Waals surface area contributed by atoms with Crippen molar-refractivity contribution >= 4 is 30.1 Å². The molecule has 0 amide bonds. The van der Waals surface area contributed by atoms with Crippen molar-refractivity contribution in [1.82, 2.24) is 0 Å². The summed E-state index contributed by atoms with van der Waals surface area (Å²) in [6.07, 6.45) is 0. The van der Waals surface area contributed by atoms with Gasteiger partial charge in [0.05, 0.1) is 4.32 Å². The van der Waals surface area contributed by atoms with E-state index in [0.717, 1.165) is 5.56 Å². The van der Waals surface area contributed by atoms with Crippen LogP contribution in [-0.4, -0.2) is 19.8 Å². The minimum absolute atomic E-state index is 0.114. The molecule has 0 aromatic heterocycles. The van der Waals surface area contributed by atoms with Crippen LogP contribution in [0.4, 0.5) is 0 Å². The van der Waals surface area contributed by atoms with Crippen molar-refractivity contribution in [2.24, 2.45) is 0 Å². The van der Waals surface area contributed by atoms with Gasteiger partial charge in [0.2, 0.25) is 0 Å². The lowest BCUT2D eigenvalue weighted by atomic mass is 10.0. The summed E-state index contributed by atoms with van der Waals surface area (Å²) in [5, 5.41) is 0. The first-order valence-corrected chi connectivity index (χ1v) is 4.60. The number of halogens is 1. The van der Waals surface area contributed by atoms with Crippen LogP contribution in [0.15, 0.2) is 30.3 Å². The Morgan fingerprint density at radius 2 is 1.85 bits per heavy atom. The maximum Gasteiger partial charge on any atom is 0.178 e. The zero-order valence-corrected chi connectivity index (χ0v) is 9.34. The lowest BCUT2D eigenvalue weighted by Crippen LogP contribution is -2.23. The van der Waals surface area contributed by atoms with Crippen molar-refractivity contribution in [3.05, 3.63) is 35.9 Å². The minimum Gasteiger partial charge on any atom is -0.293 e. The summed E-state index contributed by atoms with van der Waals surface area (Å²) < 4.78 is 4.79. The molecule has 0 aliphatic heterocycles. The van der Waals surface area contributed by atoms with Crippen LogP contribution in [0.3, 0.4) is 0 Å². The number of ketones is 1. The Labute approximate surface area is 90.6 Å². The number of hydrogen-bond donors (Lipinski definition) is 0. The summed E-state index contributed by atoms with van der Waals surface area (Å²) in [4.78, 5) is 11.6. The Morgan fingerprint density at radius 1 is 1.38 bits per heavy atom. The molecule has 13 heavy (non-hydrogen) atoms. The molecular weight excluding hydrogens is 227 g/mol. The smallest absolute Gasteiger partial charge is 0.178 e. The van der Waals surface area contributed by atoms with Gasteiger partial charge in [0.1, 0.15) is 0 Å². The van der Waals surface area contributed by atoms with E-state index in [1.54, 1.807) is 0 Å². The van der Waals surface area contributed by atoms with E-state index in [1.807, 2.05) is 44.2 Å². The molecular formula is C10H12BBrO. The van der Waals surface area contributed by atoms with E-state index in [1.165, 1.54) is 0 Å². The van der Waals surface area contributed by atoms with Crippen molar-refractivity contribution in [1.29, 1.82) is 1.34 Å². The van der Waals surface area contributed by atoms with Crippen molar-refractivity contribution < 1.29 is 4.79 Å². The zero-order valence-electron chi connectivity index (χ0n) is 8.75. The molecule has 0 saturated heterocycles. The molecule has 0 N–H and O–H groups in total. The molecule has 0 aliphatic carbocycles. The van der Waals surface area contributed by atoms with Crippen molar-refractivity contribution in [3.63, 3.8) is 0 Å².